The van der Waals surface area contributed by atoms with Gasteiger partial charge in [0.2, 0.25) is 0 Å². The summed E-state index contributed by atoms with van der Waals surface area (Å²) in [5, 5.41) is 0. The Kier molecular flexibility index (Phi) is 5.66. The van der Waals surface area contributed by atoms with Crippen molar-refractivity contribution in [2.75, 3.05) is 11.8 Å². The molecule has 27 heavy (non-hydrogen) atoms. The number of hydrogen-bond acceptors (Lipinski definition) is 4. The Morgan fingerprint density at radius 2 is 1.63 bits per heavy atom. The summed E-state index contributed by atoms with van der Waals surface area (Å²) >= 11 is 0. The second kappa shape index (κ2) is 8.14. The van der Waals surface area contributed by atoms with Crippen LogP contribution in [0, 0.1) is 6.92 Å². The molecule has 0 aromatic heterocycles. The van der Waals surface area contributed by atoms with Crippen molar-refractivity contribution in [2.24, 2.45) is 0 Å². The first-order valence-electron chi connectivity index (χ1n) is 8.42. The molecule has 5 nitrogen and oxygen atoms in total. The van der Waals surface area contributed by atoms with Crippen LogP contribution in [0.5, 0.6) is 11.5 Å². The summed E-state index contributed by atoms with van der Waals surface area (Å²) in [7, 11) is -2.12. The normalized spacial score (nSPS) is 11.0. The van der Waals surface area contributed by atoms with Gasteiger partial charge < -0.3 is 9.47 Å². The summed E-state index contributed by atoms with van der Waals surface area (Å²) in [4.78, 5) is 0.185. The Morgan fingerprint density at radius 3 is 2.26 bits per heavy atom. The van der Waals surface area contributed by atoms with E-state index in [0.29, 0.717) is 23.8 Å². The summed E-state index contributed by atoms with van der Waals surface area (Å²) in [5.74, 6) is 1.32. The Bertz CT molecular complexity index is 1000. The molecule has 1 N–H and O–H groups in total. The highest BCUT2D eigenvalue weighted by Gasteiger charge is 2.15. The van der Waals surface area contributed by atoms with Crippen LogP contribution in [0.4, 0.5) is 5.69 Å². The zero-order valence-electron chi connectivity index (χ0n) is 15.2. The molecule has 0 aliphatic heterocycles. The van der Waals surface area contributed by atoms with Gasteiger partial charge in [-0.05, 0) is 60.5 Å². The Morgan fingerprint density at radius 1 is 0.926 bits per heavy atom. The second-order valence-corrected chi connectivity index (χ2v) is 7.72. The molecule has 3 aromatic rings. The van der Waals surface area contributed by atoms with Gasteiger partial charge in [-0.3, -0.25) is 4.72 Å². The van der Waals surface area contributed by atoms with Crippen molar-refractivity contribution in [3.8, 4) is 11.5 Å². The third-order valence-corrected chi connectivity index (χ3v) is 5.41. The maximum Gasteiger partial charge on any atom is 0.261 e. The number of methoxy groups -OCH3 is 1. The number of aryl methyl sites for hydroxylation is 1. The van der Waals surface area contributed by atoms with E-state index in [9.17, 15) is 8.42 Å². The Hall–Kier alpha value is -2.99. The average Bonchev–Trinajstić information content (AvgIpc) is 2.68. The van der Waals surface area contributed by atoms with Gasteiger partial charge in [-0.25, -0.2) is 8.42 Å². The molecule has 0 fully saturated rings. The standard InChI is InChI=1S/C21H21NO4S/c1-16-14-20(12-13-21(16)25-2)27(23,24)22-18-8-10-19(11-9-18)26-15-17-6-4-3-5-7-17/h3-14,22H,15H2,1-2H3. The molecule has 3 rings (SSSR count). The Labute approximate surface area is 159 Å². The highest BCUT2D eigenvalue weighted by atomic mass is 32.2. The average molecular weight is 383 g/mol. The summed E-state index contributed by atoms with van der Waals surface area (Å²) in [6.45, 7) is 2.26. The lowest BCUT2D eigenvalue weighted by Gasteiger charge is -2.11. The van der Waals surface area contributed by atoms with Crippen molar-refractivity contribution >= 4 is 15.7 Å². The van der Waals surface area contributed by atoms with E-state index in [0.717, 1.165) is 11.1 Å². The van der Waals surface area contributed by atoms with Crippen molar-refractivity contribution in [2.45, 2.75) is 18.4 Å². The van der Waals surface area contributed by atoms with Crippen LogP contribution in [-0.2, 0) is 16.6 Å². The van der Waals surface area contributed by atoms with Gasteiger partial charge in [0.05, 0.1) is 12.0 Å². The fourth-order valence-corrected chi connectivity index (χ4v) is 3.74. The highest BCUT2D eigenvalue weighted by Crippen LogP contribution is 2.24. The quantitative estimate of drug-likeness (QED) is 0.657. The lowest BCUT2D eigenvalue weighted by molar-refractivity contribution is 0.306. The van der Waals surface area contributed by atoms with Crippen molar-refractivity contribution in [3.05, 3.63) is 83.9 Å². The Balaban J connectivity index is 1.67. The third-order valence-electron chi connectivity index (χ3n) is 4.03. The van der Waals surface area contributed by atoms with Crippen molar-refractivity contribution < 1.29 is 17.9 Å². The molecule has 0 aliphatic rings. The van der Waals surface area contributed by atoms with E-state index in [2.05, 4.69) is 4.72 Å². The molecule has 0 atom stereocenters. The fraction of sp³-hybridized carbons (Fsp3) is 0.143. The van der Waals surface area contributed by atoms with Gasteiger partial charge in [-0.15, -0.1) is 0 Å². The first-order chi connectivity index (χ1) is 13.0. The van der Waals surface area contributed by atoms with Gasteiger partial charge in [0.1, 0.15) is 18.1 Å². The smallest absolute Gasteiger partial charge is 0.261 e. The number of nitrogens with one attached hydrogen (secondary N) is 1. The van der Waals surface area contributed by atoms with Crippen molar-refractivity contribution in [1.82, 2.24) is 0 Å². The molecule has 0 bridgehead atoms. The van der Waals surface area contributed by atoms with Crippen molar-refractivity contribution in [3.63, 3.8) is 0 Å². The lowest BCUT2D eigenvalue weighted by Crippen LogP contribution is -2.13. The SMILES string of the molecule is COc1ccc(S(=O)(=O)Nc2ccc(OCc3ccccc3)cc2)cc1C. The lowest BCUT2D eigenvalue weighted by atomic mass is 10.2. The van der Waals surface area contributed by atoms with E-state index in [-0.39, 0.29) is 4.90 Å². The highest BCUT2D eigenvalue weighted by molar-refractivity contribution is 7.92. The fourth-order valence-electron chi connectivity index (χ4n) is 2.59. The maximum absolute atomic E-state index is 12.6. The molecule has 6 heteroatoms. The molecule has 140 valence electrons. The summed E-state index contributed by atoms with van der Waals surface area (Å²) < 4.78 is 38.6. The van der Waals surface area contributed by atoms with Gasteiger partial charge in [-0.2, -0.15) is 0 Å². The van der Waals surface area contributed by atoms with E-state index in [1.807, 2.05) is 30.3 Å². The number of rotatable bonds is 7. The minimum atomic E-state index is -3.68. The largest absolute Gasteiger partial charge is 0.496 e. The van der Waals surface area contributed by atoms with Crippen LogP contribution in [0.2, 0.25) is 0 Å². The number of hydrogen-bond donors (Lipinski definition) is 1. The molecule has 0 amide bonds. The predicted molar refractivity (Wildman–Crippen MR) is 106 cm³/mol. The topological polar surface area (TPSA) is 64.6 Å². The van der Waals surface area contributed by atoms with Gasteiger partial charge >= 0.3 is 0 Å². The van der Waals surface area contributed by atoms with Crippen LogP contribution in [0.1, 0.15) is 11.1 Å². The first-order valence-corrected chi connectivity index (χ1v) is 9.90. The molecular weight excluding hydrogens is 362 g/mol. The van der Waals surface area contributed by atoms with Crippen LogP contribution in [0.15, 0.2) is 77.7 Å². The third kappa shape index (κ3) is 4.80. The van der Waals surface area contributed by atoms with E-state index in [1.54, 1.807) is 50.4 Å². The summed E-state index contributed by atoms with van der Waals surface area (Å²) in [6.07, 6.45) is 0. The minimum Gasteiger partial charge on any atom is -0.496 e. The maximum atomic E-state index is 12.6. The molecular formula is C21H21NO4S. The van der Waals surface area contributed by atoms with Gasteiger partial charge in [-0.1, -0.05) is 30.3 Å². The number of benzene rings is 3. The van der Waals surface area contributed by atoms with E-state index in [4.69, 9.17) is 9.47 Å². The van der Waals surface area contributed by atoms with Crippen LogP contribution >= 0.6 is 0 Å². The molecule has 0 aliphatic carbocycles. The molecule has 3 aromatic carbocycles. The molecule has 0 saturated heterocycles. The monoisotopic (exact) mass is 383 g/mol. The summed E-state index contributed by atoms with van der Waals surface area (Å²) in [6, 6.07) is 21.4. The molecule has 0 spiro atoms. The van der Waals surface area contributed by atoms with E-state index < -0.39 is 10.0 Å². The zero-order valence-corrected chi connectivity index (χ0v) is 16.0. The van der Waals surface area contributed by atoms with E-state index >= 15 is 0 Å². The zero-order chi connectivity index (χ0) is 19.3. The molecule has 0 saturated carbocycles. The molecule has 0 unspecified atom stereocenters. The first kappa shape index (κ1) is 18.8. The molecule has 0 heterocycles. The van der Waals surface area contributed by atoms with Crippen LogP contribution in [0.25, 0.3) is 0 Å². The second-order valence-electron chi connectivity index (χ2n) is 6.04. The summed E-state index contributed by atoms with van der Waals surface area (Å²) in [5.41, 5.74) is 2.29. The van der Waals surface area contributed by atoms with E-state index in [1.165, 1.54) is 6.07 Å². The minimum absolute atomic E-state index is 0.185. The number of anilines is 1. The number of ether oxygens (including phenoxy) is 2. The van der Waals surface area contributed by atoms with Crippen LogP contribution in [0.3, 0.4) is 0 Å². The van der Waals surface area contributed by atoms with Crippen LogP contribution in [-0.4, -0.2) is 15.5 Å². The van der Waals surface area contributed by atoms with Gasteiger partial charge in [0.25, 0.3) is 10.0 Å². The van der Waals surface area contributed by atoms with Crippen LogP contribution < -0.4 is 14.2 Å². The molecule has 0 radical (unpaired) electrons. The van der Waals surface area contributed by atoms with Crippen molar-refractivity contribution in [1.29, 1.82) is 0 Å². The predicted octanol–water partition coefficient (Wildman–Crippen LogP) is 4.38. The number of sulfonamides is 1. The van der Waals surface area contributed by atoms with Gasteiger partial charge in [0, 0.05) is 5.69 Å². The van der Waals surface area contributed by atoms with Gasteiger partial charge in [0.15, 0.2) is 0 Å².